The minimum absolute atomic E-state index is 0.0481. The van der Waals surface area contributed by atoms with Crippen molar-refractivity contribution in [3.05, 3.63) is 71.3 Å². The van der Waals surface area contributed by atoms with Crippen LogP contribution in [-0.2, 0) is 0 Å². The SMILES string of the molecule is CC1C(c2ccccc2)=C(NC(C)(C)C)c2ccccc21. The van der Waals surface area contributed by atoms with Gasteiger partial charge in [0.1, 0.15) is 0 Å². The molecular formula is C20H23N. The number of nitrogens with one attached hydrogen (secondary N) is 1. The Bertz CT molecular complexity index is 674. The molecule has 0 fully saturated rings. The van der Waals surface area contributed by atoms with Crippen LogP contribution in [-0.4, -0.2) is 5.54 Å². The molecule has 0 saturated carbocycles. The molecule has 1 heteroatoms. The maximum atomic E-state index is 3.73. The van der Waals surface area contributed by atoms with Gasteiger partial charge in [-0.15, -0.1) is 0 Å². The fraction of sp³-hybridized carbons (Fsp3) is 0.300. The summed E-state index contributed by atoms with van der Waals surface area (Å²) >= 11 is 0. The second-order valence-corrected chi connectivity index (χ2v) is 6.84. The zero-order valence-electron chi connectivity index (χ0n) is 13.3. The standard InChI is InChI=1S/C20H23N/c1-14-16-12-8-9-13-17(16)19(21-20(2,3)4)18(14)15-10-6-5-7-11-15/h5-14,21H,1-4H3. The van der Waals surface area contributed by atoms with E-state index in [0.29, 0.717) is 5.92 Å². The second kappa shape index (κ2) is 5.07. The zero-order valence-corrected chi connectivity index (χ0v) is 13.3. The van der Waals surface area contributed by atoms with Crippen molar-refractivity contribution in [2.45, 2.75) is 39.2 Å². The molecule has 0 bridgehead atoms. The van der Waals surface area contributed by atoms with Gasteiger partial charge < -0.3 is 5.32 Å². The Balaban J connectivity index is 2.19. The predicted molar refractivity (Wildman–Crippen MR) is 91.0 cm³/mol. The van der Waals surface area contributed by atoms with Crippen molar-refractivity contribution in [1.82, 2.24) is 5.32 Å². The maximum absolute atomic E-state index is 3.73. The molecule has 0 aliphatic heterocycles. The van der Waals surface area contributed by atoms with Gasteiger partial charge in [0, 0.05) is 22.7 Å². The number of rotatable bonds is 2. The molecule has 0 amide bonds. The Morgan fingerprint density at radius 3 is 2.14 bits per heavy atom. The summed E-state index contributed by atoms with van der Waals surface area (Å²) in [7, 11) is 0. The van der Waals surface area contributed by atoms with Crippen LogP contribution in [0.15, 0.2) is 54.6 Å². The van der Waals surface area contributed by atoms with Crippen LogP contribution in [0.1, 0.15) is 50.3 Å². The average Bonchev–Trinajstić information content (AvgIpc) is 2.72. The third-order valence-corrected chi connectivity index (χ3v) is 3.98. The molecule has 0 spiro atoms. The first-order valence-electron chi connectivity index (χ1n) is 7.64. The minimum atomic E-state index is 0.0481. The quantitative estimate of drug-likeness (QED) is 0.809. The van der Waals surface area contributed by atoms with Crippen LogP contribution in [0.3, 0.4) is 0 Å². The lowest BCUT2D eigenvalue weighted by molar-refractivity contribution is 0.502. The van der Waals surface area contributed by atoms with Crippen molar-refractivity contribution >= 4 is 11.3 Å². The summed E-state index contributed by atoms with van der Waals surface area (Å²) in [4.78, 5) is 0. The van der Waals surface area contributed by atoms with Gasteiger partial charge in [0.25, 0.3) is 0 Å². The van der Waals surface area contributed by atoms with Gasteiger partial charge in [0.05, 0.1) is 0 Å². The lowest BCUT2D eigenvalue weighted by atomic mass is 9.93. The summed E-state index contributed by atoms with van der Waals surface area (Å²) in [5.74, 6) is 0.424. The van der Waals surface area contributed by atoms with Crippen LogP contribution in [0.2, 0.25) is 0 Å². The lowest BCUT2D eigenvalue weighted by Crippen LogP contribution is -2.34. The van der Waals surface area contributed by atoms with Crippen LogP contribution in [0.25, 0.3) is 11.3 Å². The Morgan fingerprint density at radius 1 is 0.857 bits per heavy atom. The Hall–Kier alpha value is -2.02. The van der Waals surface area contributed by atoms with Gasteiger partial charge in [-0.05, 0) is 37.5 Å². The number of allylic oxidation sites excluding steroid dienone is 1. The highest BCUT2D eigenvalue weighted by atomic mass is 15.0. The third-order valence-electron chi connectivity index (χ3n) is 3.98. The van der Waals surface area contributed by atoms with E-state index in [4.69, 9.17) is 0 Å². The largest absolute Gasteiger partial charge is 0.380 e. The molecular weight excluding hydrogens is 254 g/mol. The topological polar surface area (TPSA) is 12.0 Å². The van der Waals surface area contributed by atoms with Crippen LogP contribution < -0.4 is 5.32 Å². The summed E-state index contributed by atoms with van der Waals surface area (Å²) in [5, 5.41) is 3.73. The molecule has 1 atom stereocenters. The number of hydrogen-bond acceptors (Lipinski definition) is 1. The molecule has 1 unspecified atom stereocenters. The van der Waals surface area contributed by atoms with Gasteiger partial charge in [-0.3, -0.25) is 0 Å². The summed E-state index contributed by atoms with van der Waals surface area (Å²) in [5.41, 5.74) is 6.82. The third kappa shape index (κ3) is 2.61. The van der Waals surface area contributed by atoms with Gasteiger partial charge in [-0.2, -0.15) is 0 Å². The van der Waals surface area contributed by atoms with Gasteiger partial charge in [-0.1, -0.05) is 61.5 Å². The van der Waals surface area contributed by atoms with E-state index in [1.165, 1.54) is 28.0 Å². The molecule has 21 heavy (non-hydrogen) atoms. The summed E-state index contributed by atoms with van der Waals surface area (Å²) in [6.45, 7) is 8.95. The monoisotopic (exact) mass is 277 g/mol. The van der Waals surface area contributed by atoms with Gasteiger partial charge in [-0.25, -0.2) is 0 Å². The molecule has 108 valence electrons. The van der Waals surface area contributed by atoms with Gasteiger partial charge in [0.2, 0.25) is 0 Å². The predicted octanol–water partition coefficient (Wildman–Crippen LogP) is 5.06. The first-order chi connectivity index (χ1) is 9.97. The normalized spacial score (nSPS) is 17.8. The number of hydrogen-bond donors (Lipinski definition) is 1. The molecule has 1 N–H and O–H groups in total. The first-order valence-corrected chi connectivity index (χ1v) is 7.64. The van der Waals surface area contributed by atoms with Gasteiger partial charge in [0.15, 0.2) is 0 Å². The molecule has 1 aliphatic carbocycles. The molecule has 2 aromatic rings. The summed E-state index contributed by atoms with van der Waals surface area (Å²) in [6, 6.07) is 19.5. The fourth-order valence-electron chi connectivity index (χ4n) is 3.14. The van der Waals surface area contributed by atoms with Crippen molar-refractivity contribution in [2.75, 3.05) is 0 Å². The molecule has 0 saturated heterocycles. The highest BCUT2D eigenvalue weighted by molar-refractivity contribution is 5.98. The number of benzene rings is 2. The van der Waals surface area contributed by atoms with E-state index in [9.17, 15) is 0 Å². The van der Waals surface area contributed by atoms with E-state index < -0.39 is 0 Å². The molecule has 0 heterocycles. The van der Waals surface area contributed by atoms with E-state index in [1.807, 2.05) is 0 Å². The van der Waals surface area contributed by atoms with E-state index in [-0.39, 0.29) is 5.54 Å². The minimum Gasteiger partial charge on any atom is -0.380 e. The molecule has 0 radical (unpaired) electrons. The van der Waals surface area contributed by atoms with Crippen molar-refractivity contribution < 1.29 is 0 Å². The molecule has 2 aromatic carbocycles. The first kappa shape index (κ1) is 13.9. The fourth-order valence-corrected chi connectivity index (χ4v) is 3.14. The van der Waals surface area contributed by atoms with Crippen molar-refractivity contribution in [3.63, 3.8) is 0 Å². The van der Waals surface area contributed by atoms with Crippen LogP contribution >= 0.6 is 0 Å². The van der Waals surface area contributed by atoms with Crippen LogP contribution in [0, 0.1) is 0 Å². The van der Waals surface area contributed by atoms with E-state index >= 15 is 0 Å². The van der Waals surface area contributed by atoms with Gasteiger partial charge >= 0.3 is 0 Å². The highest BCUT2D eigenvalue weighted by Crippen LogP contribution is 2.45. The Morgan fingerprint density at radius 2 is 1.48 bits per heavy atom. The molecule has 3 rings (SSSR count). The van der Waals surface area contributed by atoms with Crippen molar-refractivity contribution in [1.29, 1.82) is 0 Å². The molecule has 0 aromatic heterocycles. The summed E-state index contributed by atoms with van der Waals surface area (Å²) in [6.07, 6.45) is 0. The van der Waals surface area contributed by atoms with E-state index in [2.05, 4.69) is 87.6 Å². The van der Waals surface area contributed by atoms with Crippen molar-refractivity contribution in [3.8, 4) is 0 Å². The van der Waals surface area contributed by atoms with Crippen molar-refractivity contribution in [2.24, 2.45) is 0 Å². The Labute approximate surface area is 127 Å². The smallest absolute Gasteiger partial charge is 0.0465 e. The van der Waals surface area contributed by atoms with E-state index in [1.54, 1.807) is 0 Å². The van der Waals surface area contributed by atoms with Crippen LogP contribution in [0.5, 0.6) is 0 Å². The number of fused-ring (bicyclic) bond motifs is 1. The Kier molecular flexibility index (Phi) is 3.36. The maximum Gasteiger partial charge on any atom is 0.0465 e. The zero-order chi connectivity index (χ0) is 15.0. The van der Waals surface area contributed by atoms with E-state index in [0.717, 1.165) is 0 Å². The second-order valence-electron chi connectivity index (χ2n) is 6.84. The summed E-state index contributed by atoms with van der Waals surface area (Å²) < 4.78 is 0. The molecule has 1 aliphatic rings. The lowest BCUT2D eigenvalue weighted by Gasteiger charge is -2.25. The highest BCUT2D eigenvalue weighted by Gasteiger charge is 2.30. The average molecular weight is 277 g/mol. The van der Waals surface area contributed by atoms with Crippen LogP contribution in [0.4, 0.5) is 0 Å². The molecule has 1 nitrogen and oxygen atoms in total.